The van der Waals surface area contributed by atoms with Crippen LogP contribution in [-0.4, -0.2) is 55.2 Å². The molecule has 2 N–H and O–H groups in total. The Morgan fingerprint density at radius 2 is 2.00 bits per heavy atom. The largest absolute Gasteiger partial charge is 0.466 e. The smallest absolute Gasteiger partial charge is 0.338 e. The molecule has 2 aliphatic heterocycles. The van der Waals surface area contributed by atoms with Crippen molar-refractivity contribution in [2.45, 2.75) is 6.04 Å². The number of carbonyl (C=O) groups is 2. The normalized spacial score (nSPS) is 21.5. The van der Waals surface area contributed by atoms with Gasteiger partial charge in [-0.05, 0) is 17.7 Å². The standard InChI is InChI=1S/C17H20FN3O3S/c1-24-16(22)14-13(10-21-6-8-25-9-7-21)19-17(23)20-15(14)11-2-4-12(18)5-3-11/h2-5,15H,6-10H2,1H3,(H2,19,20,23). The number of esters is 1. The molecule has 2 aliphatic rings. The highest BCUT2D eigenvalue weighted by molar-refractivity contribution is 7.99. The molecule has 0 spiro atoms. The van der Waals surface area contributed by atoms with E-state index in [-0.39, 0.29) is 11.8 Å². The minimum absolute atomic E-state index is 0.354. The van der Waals surface area contributed by atoms with E-state index in [0.29, 0.717) is 23.4 Å². The Morgan fingerprint density at radius 3 is 2.64 bits per heavy atom. The molecule has 1 unspecified atom stereocenters. The summed E-state index contributed by atoms with van der Waals surface area (Å²) in [4.78, 5) is 26.7. The summed E-state index contributed by atoms with van der Waals surface area (Å²) in [6, 6.07) is 4.67. The highest BCUT2D eigenvalue weighted by Crippen LogP contribution is 2.28. The van der Waals surface area contributed by atoms with Gasteiger partial charge in [0.25, 0.3) is 0 Å². The molecule has 25 heavy (non-hydrogen) atoms. The molecule has 2 heterocycles. The van der Waals surface area contributed by atoms with E-state index in [1.165, 1.54) is 19.2 Å². The number of nitrogens with one attached hydrogen (secondary N) is 2. The van der Waals surface area contributed by atoms with E-state index in [1.807, 2.05) is 11.8 Å². The zero-order valence-electron chi connectivity index (χ0n) is 13.9. The van der Waals surface area contributed by atoms with Gasteiger partial charge >= 0.3 is 12.0 Å². The molecule has 1 aromatic carbocycles. The van der Waals surface area contributed by atoms with Gasteiger partial charge in [0.05, 0.1) is 18.7 Å². The average molecular weight is 365 g/mol. The van der Waals surface area contributed by atoms with Gasteiger partial charge in [0.2, 0.25) is 0 Å². The fourth-order valence-electron chi connectivity index (χ4n) is 2.98. The van der Waals surface area contributed by atoms with Gasteiger partial charge < -0.3 is 15.4 Å². The molecule has 0 aliphatic carbocycles. The maximum Gasteiger partial charge on any atom is 0.338 e. The molecule has 1 fully saturated rings. The van der Waals surface area contributed by atoms with Crippen molar-refractivity contribution >= 4 is 23.8 Å². The van der Waals surface area contributed by atoms with Crippen LogP contribution in [0, 0.1) is 5.82 Å². The van der Waals surface area contributed by atoms with Crippen molar-refractivity contribution in [1.29, 1.82) is 0 Å². The Hall–Kier alpha value is -2.06. The van der Waals surface area contributed by atoms with E-state index in [1.54, 1.807) is 12.1 Å². The van der Waals surface area contributed by atoms with Crippen LogP contribution in [0.3, 0.4) is 0 Å². The third kappa shape index (κ3) is 4.13. The lowest BCUT2D eigenvalue weighted by Gasteiger charge is -2.33. The summed E-state index contributed by atoms with van der Waals surface area (Å²) in [5, 5.41) is 5.48. The molecular formula is C17H20FN3O3S. The highest BCUT2D eigenvalue weighted by atomic mass is 32.2. The number of carbonyl (C=O) groups excluding carboxylic acids is 2. The van der Waals surface area contributed by atoms with Gasteiger partial charge in [0.1, 0.15) is 5.82 Å². The molecule has 3 rings (SSSR count). The summed E-state index contributed by atoms with van der Waals surface area (Å²) in [6.07, 6.45) is 0. The number of hydrogen-bond acceptors (Lipinski definition) is 5. The predicted octanol–water partition coefficient (Wildman–Crippen LogP) is 1.66. The molecule has 6 nitrogen and oxygen atoms in total. The lowest BCUT2D eigenvalue weighted by molar-refractivity contribution is -0.136. The second-order valence-corrected chi connectivity index (χ2v) is 7.08. The third-order valence-corrected chi connectivity index (χ3v) is 5.19. The van der Waals surface area contributed by atoms with Crippen LogP contribution in [-0.2, 0) is 9.53 Å². The SMILES string of the molecule is COC(=O)C1=C(CN2CCSCC2)NC(=O)NC1c1ccc(F)cc1. The number of thioether (sulfide) groups is 1. The zero-order chi connectivity index (χ0) is 17.8. The minimum atomic E-state index is -0.670. The lowest BCUT2D eigenvalue weighted by Crippen LogP contribution is -2.49. The number of amides is 2. The summed E-state index contributed by atoms with van der Waals surface area (Å²) in [6.45, 7) is 2.26. The summed E-state index contributed by atoms with van der Waals surface area (Å²) >= 11 is 1.89. The number of nitrogens with zero attached hydrogens (tertiary/aromatic N) is 1. The fraction of sp³-hybridized carbons (Fsp3) is 0.412. The van der Waals surface area contributed by atoms with E-state index in [2.05, 4.69) is 15.5 Å². The van der Waals surface area contributed by atoms with Crippen LogP contribution in [0.4, 0.5) is 9.18 Å². The van der Waals surface area contributed by atoms with Crippen molar-refractivity contribution in [3.63, 3.8) is 0 Å². The second-order valence-electron chi connectivity index (χ2n) is 5.86. The van der Waals surface area contributed by atoms with Gasteiger partial charge in [-0.25, -0.2) is 14.0 Å². The molecule has 1 saturated heterocycles. The second kappa shape index (κ2) is 7.88. The third-order valence-electron chi connectivity index (χ3n) is 4.25. The van der Waals surface area contributed by atoms with Gasteiger partial charge in [0, 0.05) is 36.8 Å². The first-order chi connectivity index (χ1) is 12.1. The number of urea groups is 1. The Bertz CT molecular complexity index is 687. The van der Waals surface area contributed by atoms with E-state index in [9.17, 15) is 14.0 Å². The van der Waals surface area contributed by atoms with Crippen LogP contribution in [0.15, 0.2) is 35.5 Å². The van der Waals surface area contributed by atoms with Crippen molar-refractivity contribution in [3.05, 3.63) is 46.9 Å². The average Bonchev–Trinajstić information content (AvgIpc) is 2.62. The Balaban J connectivity index is 1.96. The van der Waals surface area contributed by atoms with Crippen LogP contribution >= 0.6 is 11.8 Å². The molecule has 0 saturated carbocycles. The molecule has 0 radical (unpaired) electrons. The van der Waals surface area contributed by atoms with Crippen molar-refractivity contribution in [2.75, 3.05) is 38.2 Å². The first-order valence-corrected chi connectivity index (χ1v) is 9.18. The van der Waals surface area contributed by atoms with Crippen LogP contribution in [0.5, 0.6) is 0 Å². The molecular weight excluding hydrogens is 345 g/mol. The molecule has 1 atom stereocenters. The molecule has 1 aromatic rings. The summed E-state index contributed by atoms with van der Waals surface area (Å²) in [7, 11) is 1.31. The van der Waals surface area contributed by atoms with Gasteiger partial charge in [-0.15, -0.1) is 0 Å². The van der Waals surface area contributed by atoms with E-state index in [0.717, 1.165) is 24.6 Å². The number of methoxy groups -OCH3 is 1. The predicted molar refractivity (Wildman–Crippen MR) is 93.6 cm³/mol. The maximum absolute atomic E-state index is 13.2. The van der Waals surface area contributed by atoms with E-state index < -0.39 is 12.0 Å². The number of benzene rings is 1. The number of halogens is 1. The van der Waals surface area contributed by atoms with Gasteiger partial charge in [-0.1, -0.05) is 12.1 Å². The quantitative estimate of drug-likeness (QED) is 0.794. The maximum atomic E-state index is 13.2. The molecule has 2 amide bonds. The molecule has 0 bridgehead atoms. The van der Waals surface area contributed by atoms with Gasteiger partial charge in [-0.3, -0.25) is 4.90 Å². The monoisotopic (exact) mass is 365 g/mol. The summed E-state index contributed by atoms with van der Waals surface area (Å²) in [5.74, 6) is 1.16. The molecule has 0 aromatic heterocycles. The molecule has 8 heteroatoms. The van der Waals surface area contributed by atoms with E-state index >= 15 is 0 Å². The minimum Gasteiger partial charge on any atom is -0.466 e. The number of rotatable bonds is 4. The Kier molecular flexibility index (Phi) is 5.60. The molecule has 134 valence electrons. The van der Waals surface area contributed by atoms with Crippen LogP contribution in [0.25, 0.3) is 0 Å². The van der Waals surface area contributed by atoms with Crippen molar-refractivity contribution in [2.24, 2.45) is 0 Å². The number of hydrogen-bond donors (Lipinski definition) is 2. The Morgan fingerprint density at radius 1 is 1.32 bits per heavy atom. The van der Waals surface area contributed by atoms with Crippen LogP contribution < -0.4 is 10.6 Å². The first-order valence-electron chi connectivity index (χ1n) is 8.03. The number of ether oxygens (including phenoxy) is 1. The van der Waals surface area contributed by atoms with Crippen LogP contribution in [0.2, 0.25) is 0 Å². The van der Waals surface area contributed by atoms with Crippen molar-refractivity contribution in [1.82, 2.24) is 15.5 Å². The van der Waals surface area contributed by atoms with Gasteiger partial charge in [0.15, 0.2) is 0 Å². The fourth-order valence-corrected chi connectivity index (χ4v) is 3.96. The topological polar surface area (TPSA) is 70.7 Å². The van der Waals surface area contributed by atoms with E-state index in [4.69, 9.17) is 4.74 Å². The van der Waals surface area contributed by atoms with Crippen molar-refractivity contribution < 1.29 is 18.7 Å². The zero-order valence-corrected chi connectivity index (χ0v) is 14.7. The van der Waals surface area contributed by atoms with Gasteiger partial charge in [-0.2, -0.15) is 11.8 Å². The van der Waals surface area contributed by atoms with Crippen LogP contribution in [0.1, 0.15) is 11.6 Å². The summed E-state index contributed by atoms with van der Waals surface area (Å²) < 4.78 is 18.2. The first kappa shape index (κ1) is 17.8. The Labute approximate surface area is 149 Å². The highest BCUT2D eigenvalue weighted by Gasteiger charge is 2.34. The van der Waals surface area contributed by atoms with Crippen molar-refractivity contribution in [3.8, 4) is 0 Å². The lowest BCUT2D eigenvalue weighted by atomic mass is 9.95. The summed E-state index contributed by atoms with van der Waals surface area (Å²) in [5.41, 5.74) is 1.52.